The van der Waals surface area contributed by atoms with Crippen molar-refractivity contribution >= 4 is 28.3 Å². The molecule has 2 rings (SSSR count). The largest absolute Gasteiger partial charge is 0.420 e. The van der Waals surface area contributed by atoms with E-state index >= 15 is 0 Å². The fourth-order valence-corrected chi connectivity index (χ4v) is 1.49. The Morgan fingerprint density at radius 3 is 2.88 bits per heavy atom. The quantitative estimate of drug-likeness (QED) is 0.374. The third kappa shape index (κ3) is 2.18. The zero-order valence-corrected chi connectivity index (χ0v) is 10.1. The Morgan fingerprint density at radius 1 is 1.44 bits per heavy atom. The Morgan fingerprint density at radius 2 is 2.25 bits per heavy atom. The minimum absolute atomic E-state index is 0.00623. The lowest BCUT2D eigenvalue weighted by molar-refractivity contribution is -0.384. The first kappa shape index (κ1) is 11.0. The zero-order chi connectivity index (χ0) is 11.5. The Labute approximate surface area is 104 Å². The van der Waals surface area contributed by atoms with Crippen LogP contribution in [0, 0.1) is 10.1 Å². The first-order valence-electron chi connectivity index (χ1n) is 4.34. The normalized spacial score (nSPS) is 10.3. The molecular formula is C9H6IN3O3. The average molecular weight is 331 g/mol. The van der Waals surface area contributed by atoms with Crippen molar-refractivity contribution < 1.29 is 9.34 Å². The van der Waals surface area contributed by atoms with Gasteiger partial charge in [0.2, 0.25) is 11.8 Å². The number of halogens is 1. The van der Waals surface area contributed by atoms with E-state index < -0.39 is 4.92 Å². The van der Waals surface area contributed by atoms with Crippen LogP contribution in [0.2, 0.25) is 0 Å². The van der Waals surface area contributed by atoms with Crippen LogP contribution in [0.25, 0.3) is 11.5 Å². The van der Waals surface area contributed by atoms with E-state index in [1.807, 2.05) is 0 Å². The number of nitro benzene ring substituents is 1. The number of alkyl halides is 1. The van der Waals surface area contributed by atoms with Crippen molar-refractivity contribution in [3.05, 3.63) is 40.3 Å². The van der Waals surface area contributed by atoms with Gasteiger partial charge >= 0.3 is 0 Å². The number of rotatable bonds is 3. The molecule has 0 saturated heterocycles. The molecule has 0 radical (unpaired) electrons. The third-order valence-corrected chi connectivity index (χ3v) is 2.54. The molecule has 0 N–H and O–H groups in total. The molecule has 6 nitrogen and oxygen atoms in total. The molecule has 1 heterocycles. The van der Waals surface area contributed by atoms with Crippen LogP contribution in [0.4, 0.5) is 5.69 Å². The summed E-state index contributed by atoms with van der Waals surface area (Å²) < 4.78 is 5.91. The van der Waals surface area contributed by atoms with Crippen molar-refractivity contribution in [2.75, 3.05) is 0 Å². The Kier molecular flexibility index (Phi) is 3.13. The molecule has 0 unspecified atom stereocenters. The molecule has 0 bridgehead atoms. The van der Waals surface area contributed by atoms with Crippen LogP contribution in [0.15, 0.2) is 28.7 Å². The van der Waals surface area contributed by atoms with Gasteiger partial charge in [0.25, 0.3) is 5.69 Å². The molecule has 0 fully saturated rings. The van der Waals surface area contributed by atoms with Gasteiger partial charge in [-0.2, -0.15) is 0 Å². The molecule has 7 heteroatoms. The summed E-state index contributed by atoms with van der Waals surface area (Å²) in [5.74, 6) is 0.803. The van der Waals surface area contributed by atoms with Gasteiger partial charge < -0.3 is 4.42 Å². The lowest BCUT2D eigenvalue weighted by atomic mass is 10.2. The van der Waals surface area contributed by atoms with Crippen molar-refractivity contribution in [2.45, 2.75) is 4.43 Å². The SMILES string of the molecule is O=[N+]([O-])c1cccc(-c2nnc(CI)o2)c1. The van der Waals surface area contributed by atoms with E-state index in [0.717, 1.165) is 0 Å². The summed E-state index contributed by atoms with van der Waals surface area (Å²) in [6.07, 6.45) is 0. The van der Waals surface area contributed by atoms with E-state index in [9.17, 15) is 10.1 Å². The first-order valence-corrected chi connectivity index (χ1v) is 5.86. The van der Waals surface area contributed by atoms with Crippen molar-refractivity contribution in [3.8, 4) is 11.5 Å². The Hall–Kier alpha value is -1.51. The molecule has 0 aliphatic rings. The van der Waals surface area contributed by atoms with Gasteiger partial charge in [-0.05, 0) is 6.07 Å². The summed E-state index contributed by atoms with van der Waals surface area (Å²) in [7, 11) is 0. The predicted octanol–water partition coefficient (Wildman–Crippen LogP) is 2.58. The average Bonchev–Trinajstić information content (AvgIpc) is 2.77. The van der Waals surface area contributed by atoms with Gasteiger partial charge in [-0.3, -0.25) is 10.1 Å². The maximum absolute atomic E-state index is 10.6. The molecule has 0 atom stereocenters. The summed E-state index contributed by atoms with van der Waals surface area (Å²) in [6, 6.07) is 6.10. The smallest absolute Gasteiger partial charge is 0.270 e. The summed E-state index contributed by atoms with van der Waals surface area (Å²) in [4.78, 5) is 10.1. The number of non-ortho nitro benzene ring substituents is 1. The fraction of sp³-hybridized carbons (Fsp3) is 0.111. The van der Waals surface area contributed by atoms with Gasteiger partial charge in [0, 0.05) is 17.7 Å². The molecule has 0 saturated carbocycles. The maximum Gasteiger partial charge on any atom is 0.270 e. The predicted molar refractivity (Wildman–Crippen MR) is 64.1 cm³/mol. The van der Waals surface area contributed by atoms with Crippen molar-refractivity contribution in [2.24, 2.45) is 0 Å². The molecule has 2 aromatic rings. The van der Waals surface area contributed by atoms with Gasteiger partial charge in [-0.15, -0.1) is 10.2 Å². The number of benzene rings is 1. The van der Waals surface area contributed by atoms with Crippen LogP contribution < -0.4 is 0 Å². The lowest BCUT2D eigenvalue weighted by Crippen LogP contribution is -1.88. The minimum atomic E-state index is -0.459. The molecule has 0 spiro atoms. The molecule has 0 aliphatic carbocycles. The van der Waals surface area contributed by atoms with Crippen molar-refractivity contribution in [1.29, 1.82) is 0 Å². The zero-order valence-electron chi connectivity index (χ0n) is 7.96. The van der Waals surface area contributed by atoms with E-state index in [4.69, 9.17) is 4.42 Å². The molecular weight excluding hydrogens is 325 g/mol. The molecule has 0 aliphatic heterocycles. The summed E-state index contributed by atoms with van der Waals surface area (Å²) in [5.41, 5.74) is 0.560. The first-order chi connectivity index (χ1) is 7.70. The van der Waals surface area contributed by atoms with Crippen LogP contribution >= 0.6 is 22.6 Å². The van der Waals surface area contributed by atoms with Crippen LogP contribution in [0.3, 0.4) is 0 Å². The van der Waals surface area contributed by atoms with Crippen LogP contribution in [0.5, 0.6) is 0 Å². The van der Waals surface area contributed by atoms with Gasteiger partial charge in [-0.25, -0.2) is 0 Å². The second-order valence-corrected chi connectivity index (χ2v) is 3.70. The maximum atomic E-state index is 10.6. The van der Waals surface area contributed by atoms with Crippen LogP contribution in [0.1, 0.15) is 5.89 Å². The van der Waals surface area contributed by atoms with E-state index in [-0.39, 0.29) is 5.69 Å². The Balaban J connectivity index is 2.40. The number of hydrogen-bond acceptors (Lipinski definition) is 5. The summed E-state index contributed by atoms with van der Waals surface area (Å²) in [5, 5.41) is 18.2. The highest BCUT2D eigenvalue weighted by atomic mass is 127. The summed E-state index contributed by atoms with van der Waals surface area (Å²) >= 11 is 2.10. The van der Waals surface area contributed by atoms with Gasteiger partial charge in [0.05, 0.1) is 9.35 Å². The standard InChI is InChI=1S/C9H6IN3O3/c10-5-8-11-12-9(16-8)6-2-1-3-7(4-6)13(14)15/h1-4H,5H2. The lowest BCUT2D eigenvalue weighted by Gasteiger charge is -1.94. The highest BCUT2D eigenvalue weighted by Gasteiger charge is 2.11. The topological polar surface area (TPSA) is 82.1 Å². The highest BCUT2D eigenvalue weighted by molar-refractivity contribution is 14.1. The molecule has 82 valence electrons. The second-order valence-electron chi connectivity index (χ2n) is 2.94. The van der Waals surface area contributed by atoms with Crippen molar-refractivity contribution in [3.63, 3.8) is 0 Å². The van der Waals surface area contributed by atoms with Crippen LogP contribution in [-0.4, -0.2) is 15.1 Å². The molecule has 16 heavy (non-hydrogen) atoms. The van der Waals surface area contributed by atoms with E-state index in [0.29, 0.717) is 21.8 Å². The number of nitrogens with zero attached hydrogens (tertiary/aromatic N) is 3. The number of aromatic nitrogens is 2. The van der Waals surface area contributed by atoms with Gasteiger partial charge in [0.1, 0.15) is 0 Å². The Bertz CT molecular complexity index is 526. The second kappa shape index (κ2) is 4.56. The molecule has 1 aromatic heterocycles. The fourth-order valence-electron chi connectivity index (χ4n) is 1.18. The minimum Gasteiger partial charge on any atom is -0.420 e. The van der Waals surface area contributed by atoms with E-state index in [1.165, 1.54) is 12.1 Å². The third-order valence-electron chi connectivity index (χ3n) is 1.89. The molecule has 0 amide bonds. The van der Waals surface area contributed by atoms with E-state index in [2.05, 4.69) is 32.8 Å². The van der Waals surface area contributed by atoms with Crippen molar-refractivity contribution in [1.82, 2.24) is 10.2 Å². The molecule has 1 aromatic carbocycles. The van der Waals surface area contributed by atoms with E-state index in [1.54, 1.807) is 12.1 Å². The monoisotopic (exact) mass is 331 g/mol. The van der Waals surface area contributed by atoms with Gasteiger partial charge in [-0.1, -0.05) is 28.7 Å². The van der Waals surface area contributed by atoms with Gasteiger partial charge in [0.15, 0.2) is 0 Å². The highest BCUT2D eigenvalue weighted by Crippen LogP contribution is 2.22. The number of nitro groups is 1. The number of hydrogen-bond donors (Lipinski definition) is 0. The summed E-state index contributed by atoms with van der Waals surface area (Å²) in [6.45, 7) is 0. The van der Waals surface area contributed by atoms with Crippen LogP contribution in [-0.2, 0) is 4.43 Å².